The molecule has 0 bridgehead atoms. The van der Waals surface area contributed by atoms with E-state index in [0.29, 0.717) is 0 Å². The number of H-pyrrole nitrogens is 1. The minimum absolute atomic E-state index is 0.139. The van der Waals surface area contributed by atoms with E-state index in [9.17, 15) is 4.79 Å². The Balaban J connectivity index is 2.92. The van der Waals surface area contributed by atoms with Crippen molar-refractivity contribution in [1.82, 2.24) is 14.4 Å². The number of aromatic nitrogens is 3. The van der Waals surface area contributed by atoms with Crippen molar-refractivity contribution in [2.45, 2.75) is 13.3 Å². The Morgan fingerprint density at radius 1 is 1.67 bits per heavy atom. The maximum absolute atomic E-state index is 11.2. The Labute approximate surface area is 68.9 Å². The van der Waals surface area contributed by atoms with E-state index < -0.39 is 0 Å². The maximum Gasteiger partial charge on any atom is 0.331 e. The predicted octanol–water partition coefficient (Wildman–Crippen LogP) is 0.585. The van der Waals surface area contributed by atoms with Crippen molar-refractivity contribution in [1.29, 1.82) is 0 Å². The van der Waals surface area contributed by atoms with Crippen molar-refractivity contribution in [3.63, 3.8) is 0 Å². The number of hydrogen-bond donors (Lipinski definition) is 1. The quantitative estimate of drug-likeness (QED) is 0.668. The van der Waals surface area contributed by atoms with Gasteiger partial charge in [0.1, 0.15) is 5.65 Å². The van der Waals surface area contributed by atoms with E-state index in [1.807, 2.05) is 6.92 Å². The highest BCUT2D eigenvalue weighted by Crippen LogP contribution is 2.03. The van der Waals surface area contributed by atoms with Crippen LogP contribution in [0.4, 0.5) is 0 Å². The molecule has 4 heteroatoms. The third kappa shape index (κ3) is 0.845. The van der Waals surface area contributed by atoms with Gasteiger partial charge in [-0.05, 0) is 6.42 Å². The van der Waals surface area contributed by atoms with Gasteiger partial charge in [-0.1, -0.05) is 6.92 Å². The average Bonchev–Trinajstić information content (AvgIpc) is 2.54. The highest BCUT2D eigenvalue weighted by molar-refractivity contribution is 5.45. The van der Waals surface area contributed by atoms with Gasteiger partial charge in [0.05, 0.1) is 0 Å². The van der Waals surface area contributed by atoms with Gasteiger partial charge in [-0.3, -0.25) is 4.40 Å². The van der Waals surface area contributed by atoms with Gasteiger partial charge in [-0.15, -0.1) is 0 Å². The van der Waals surface area contributed by atoms with Crippen LogP contribution in [0.3, 0.4) is 0 Å². The highest BCUT2D eigenvalue weighted by atomic mass is 16.1. The third-order valence-electron chi connectivity index (χ3n) is 1.90. The topological polar surface area (TPSA) is 50.2 Å². The molecular formula is C8H9N3O. The second kappa shape index (κ2) is 2.48. The van der Waals surface area contributed by atoms with Gasteiger partial charge in [0.25, 0.3) is 0 Å². The molecule has 0 aliphatic rings. The van der Waals surface area contributed by atoms with Crippen LogP contribution in [0.5, 0.6) is 0 Å². The minimum Gasteiger partial charge on any atom is -0.313 e. The van der Waals surface area contributed by atoms with E-state index in [1.165, 1.54) is 4.40 Å². The minimum atomic E-state index is -0.139. The molecule has 0 fully saturated rings. The van der Waals surface area contributed by atoms with Gasteiger partial charge in [0.2, 0.25) is 0 Å². The lowest BCUT2D eigenvalue weighted by atomic mass is 10.2. The predicted molar refractivity (Wildman–Crippen MR) is 45.2 cm³/mol. The van der Waals surface area contributed by atoms with Crippen LogP contribution in [0.1, 0.15) is 12.5 Å². The number of imidazole rings is 1. The Morgan fingerprint density at radius 3 is 3.25 bits per heavy atom. The van der Waals surface area contributed by atoms with Crippen LogP contribution < -0.4 is 5.69 Å². The van der Waals surface area contributed by atoms with Crippen LogP contribution in [0, 0.1) is 0 Å². The lowest BCUT2D eigenvalue weighted by molar-refractivity contribution is 0.961. The molecule has 2 aromatic rings. The van der Waals surface area contributed by atoms with Crippen LogP contribution in [-0.4, -0.2) is 14.4 Å². The molecule has 0 spiro atoms. The van der Waals surface area contributed by atoms with E-state index in [-0.39, 0.29) is 5.69 Å². The summed E-state index contributed by atoms with van der Waals surface area (Å²) in [7, 11) is 0. The summed E-state index contributed by atoms with van der Waals surface area (Å²) in [5.41, 5.74) is 1.67. The van der Waals surface area contributed by atoms with Gasteiger partial charge in [-0.25, -0.2) is 9.78 Å². The summed E-state index contributed by atoms with van der Waals surface area (Å²) in [6, 6.07) is 0. The number of nitrogens with one attached hydrogen (secondary N) is 1. The molecule has 0 aromatic carbocycles. The van der Waals surface area contributed by atoms with E-state index in [4.69, 9.17) is 0 Å². The van der Waals surface area contributed by atoms with E-state index in [1.54, 1.807) is 18.6 Å². The molecule has 2 rings (SSSR count). The number of fused-ring (bicyclic) bond motifs is 1. The van der Waals surface area contributed by atoms with Crippen molar-refractivity contribution in [3.8, 4) is 0 Å². The number of rotatable bonds is 1. The molecule has 62 valence electrons. The molecule has 0 atom stereocenters. The number of hydrogen-bond acceptors (Lipinski definition) is 2. The van der Waals surface area contributed by atoms with Crippen LogP contribution >= 0.6 is 0 Å². The average molecular weight is 163 g/mol. The Kier molecular flexibility index (Phi) is 1.46. The van der Waals surface area contributed by atoms with E-state index in [0.717, 1.165) is 17.6 Å². The second-order valence-electron chi connectivity index (χ2n) is 2.59. The van der Waals surface area contributed by atoms with Crippen LogP contribution in [0.2, 0.25) is 0 Å². The van der Waals surface area contributed by atoms with Crippen LogP contribution in [0.25, 0.3) is 5.65 Å². The fraction of sp³-hybridized carbons (Fsp3) is 0.250. The highest BCUT2D eigenvalue weighted by Gasteiger charge is 2.01. The van der Waals surface area contributed by atoms with Crippen LogP contribution in [-0.2, 0) is 6.42 Å². The maximum atomic E-state index is 11.2. The molecule has 0 saturated carbocycles. The summed E-state index contributed by atoms with van der Waals surface area (Å²) in [6.45, 7) is 2.03. The Morgan fingerprint density at radius 2 is 2.50 bits per heavy atom. The summed E-state index contributed by atoms with van der Waals surface area (Å²) < 4.78 is 1.51. The van der Waals surface area contributed by atoms with Crippen molar-refractivity contribution in [2.75, 3.05) is 0 Å². The molecule has 1 N–H and O–H groups in total. The van der Waals surface area contributed by atoms with Gasteiger partial charge in [0, 0.05) is 24.2 Å². The zero-order valence-corrected chi connectivity index (χ0v) is 6.74. The molecule has 0 aliphatic heterocycles. The molecule has 0 saturated heterocycles. The van der Waals surface area contributed by atoms with Gasteiger partial charge >= 0.3 is 5.69 Å². The summed E-state index contributed by atoms with van der Waals surface area (Å²) in [5, 5.41) is 0. The monoisotopic (exact) mass is 163 g/mol. The molecule has 0 radical (unpaired) electrons. The number of nitrogens with zero attached hydrogens (tertiary/aromatic N) is 2. The summed E-state index contributed by atoms with van der Waals surface area (Å²) in [6.07, 6.45) is 5.87. The van der Waals surface area contributed by atoms with Gasteiger partial charge in [-0.2, -0.15) is 0 Å². The first-order valence-corrected chi connectivity index (χ1v) is 3.86. The first kappa shape index (κ1) is 7.09. The zero-order valence-electron chi connectivity index (χ0n) is 6.74. The summed E-state index contributed by atoms with van der Waals surface area (Å²) >= 11 is 0. The molecule has 2 heterocycles. The molecular weight excluding hydrogens is 154 g/mol. The SMILES string of the molecule is CCc1c[nH]c(=O)n2ccnc12. The largest absolute Gasteiger partial charge is 0.331 e. The van der Waals surface area contributed by atoms with Gasteiger partial charge < -0.3 is 4.98 Å². The van der Waals surface area contributed by atoms with E-state index >= 15 is 0 Å². The zero-order chi connectivity index (χ0) is 8.55. The molecule has 0 unspecified atom stereocenters. The first-order chi connectivity index (χ1) is 5.83. The van der Waals surface area contributed by atoms with Crippen molar-refractivity contribution >= 4 is 5.65 Å². The Hall–Kier alpha value is -1.58. The smallest absolute Gasteiger partial charge is 0.313 e. The van der Waals surface area contributed by atoms with E-state index in [2.05, 4.69) is 9.97 Å². The molecule has 12 heavy (non-hydrogen) atoms. The van der Waals surface area contributed by atoms with Crippen molar-refractivity contribution in [3.05, 3.63) is 34.6 Å². The van der Waals surface area contributed by atoms with Crippen molar-refractivity contribution < 1.29 is 0 Å². The molecule has 4 nitrogen and oxygen atoms in total. The first-order valence-electron chi connectivity index (χ1n) is 3.86. The van der Waals surface area contributed by atoms with Gasteiger partial charge in [0.15, 0.2) is 0 Å². The Bertz CT molecular complexity index is 455. The number of aromatic amines is 1. The second-order valence-corrected chi connectivity index (χ2v) is 2.59. The standard InChI is InChI=1S/C8H9N3O/c1-2-6-5-10-8(12)11-4-3-9-7(6)11/h3-5H,2H2,1H3,(H,10,12). The summed E-state index contributed by atoms with van der Waals surface area (Å²) in [4.78, 5) is 17.9. The normalized spacial score (nSPS) is 10.8. The fourth-order valence-electron chi connectivity index (χ4n) is 1.25. The lowest BCUT2D eigenvalue weighted by Gasteiger charge is -1.97. The van der Waals surface area contributed by atoms with Crippen molar-refractivity contribution in [2.24, 2.45) is 0 Å². The molecule has 0 aliphatic carbocycles. The number of aryl methyl sites for hydroxylation is 1. The summed E-state index contributed by atoms with van der Waals surface area (Å²) in [5.74, 6) is 0. The molecule has 2 aromatic heterocycles. The fourth-order valence-corrected chi connectivity index (χ4v) is 1.25. The van der Waals surface area contributed by atoms with Crippen LogP contribution in [0.15, 0.2) is 23.4 Å². The lowest BCUT2D eigenvalue weighted by Crippen LogP contribution is -2.15. The third-order valence-corrected chi connectivity index (χ3v) is 1.90. The molecule has 0 amide bonds.